The van der Waals surface area contributed by atoms with Gasteiger partial charge in [-0.15, -0.1) is 0 Å². The predicted octanol–water partition coefficient (Wildman–Crippen LogP) is 2.16. The molecule has 3 amide bonds. The van der Waals surface area contributed by atoms with Crippen LogP contribution in [0.4, 0.5) is 4.39 Å². The Balaban J connectivity index is 1.39. The Kier molecular flexibility index (Phi) is 6.53. The summed E-state index contributed by atoms with van der Waals surface area (Å²) in [6, 6.07) is 14.0. The average molecular weight is 482 g/mol. The number of morpholine rings is 1. The van der Waals surface area contributed by atoms with Crippen LogP contribution in [0.1, 0.15) is 33.6 Å². The van der Waals surface area contributed by atoms with Gasteiger partial charge in [0.2, 0.25) is 5.91 Å². The molecule has 8 nitrogen and oxygen atoms in total. The van der Waals surface area contributed by atoms with E-state index < -0.39 is 23.5 Å². The number of likely N-dealkylation sites (tertiary alicyclic amines) is 1. The van der Waals surface area contributed by atoms with E-state index >= 15 is 0 Å². The Bertz CT molecular complexity index is 1100. The van der Waals surface area contributed by atoms with Crippen molar-refractivity contribution in [2.45, 2.75) is 24.6 Å². The van der Waals surface area contributed by atoms with Gasteiger partial charge in [0.05, 0.1) is 25.4 Å². The van der Waals surface area contributed by atoms with Crippen molar-refractivity contribution in [1.82, 2.24) is 14.7 Å². The van der Waals surface area contributed by atoms with Gasteiger partial charge in [-0.25, -0.2) is 4.39 Å². The fraction of sp³-hybridized carbons (Fsp3) is 0.423. The molecule has 0 radical (unpaired) electrons. The summed E-state index contributed by atoms with van der Waals surface area (Å²) in [5, 5.41) is 0. The maximum absolute atomic E-state index is 14.2. The van der Waals surface area contributed by atoms with E-state index in [9.17, 15) is 18.8 Å². The van der Waals surface area contributed by atoms with Crippen molar-refractivity contribution in [1.29, 1.82) is 0 Å². The highest BCUT2D eigenvalue weighted by atomic mass is 19.1. The molecule has 0 aliphatic carbocycles. The first-order valence-electron chi connectivity index (χ1n) is 11.9. The molecule has 3 fully saturated rings. The number of halogens is 1. The zero-order chi connectivity index (χ0) is 24.4. The summed E-state index contributed by atoms with van der Waals surface area (Å²) in [6.07, 6.45) is 0.664. The van der Waals surface area contributed by atoms with Crippen molar-refractivity contribution >= 4 is 17.7 Å². The van der Waals surface area contributed by atoms with Gasteiger partial charge in [-0.3, -0.25) is 19.3 Å². The van der Waals surface area contributed by atoms with E-state index in [1.54, 1.807) is 51.1 Å². The maximum atomic E-state index is 14.2. The van der Waals surface area contributed by atoms with E-state index in [4.69, 9.17) is 9.47 Å². The molecule has 3 aliphatic heterocycles. The van der Waals surface area contributed by atoms with E-state index in [0.29, 0.717) is 44.7 Å². The van der Waals surface area contributed by atoms with Gasteiger partial charge in [-0.1, -0.05) is 30.3 Å². The molecule has 5 rings (SSSR count). The number of rotatable bonds is 3. The molecule has 3 saturated heterocycles. The highest BCUT2D eigenvalue weighted by Gasteiger charge is 2.55. The third kappa shape index (κ3) is 4.41. The molecule has 2 aromatic carbocycles. The Morgan fingerprint density at radius 2 is 1.49 bits per heavy atom. The molecule has 1 atom stereocenters. The summed E-state index contributed by atoms with van der Waals surface area (Å²) < 4.78 is 25.8. The van der Waals surface area contributed by atoms with Gasteiger partial charge >= 0.3 is 0 Å². The van der Waals surface area contributed by atoms with Crippen LogP contribution in [0.5, 0.6) is 0 Å². The van der Waals surface area contributed by atoms with E-state index in [0.717, 1.165) is 0 Å². The Morgan fingerprint density at radius 1 is 0.829 bits per heavy atom. The first kappa shape index (κ1) is 23.4. The summed E-state index contributed by atoms with van der Waals surface area (Å²) in [6.45, 7) is 2.53. The standard InChI is InChI=1S/C26H28FN3O5/c27-21-9-5-4-8-20(21)24(32)28-12-10-26(11-13-28)30(23(31)19-6-2-1-3-7-19)22(18-35-26)25(33)29-14-16-34-17-15-29/h1-9,22H,10-18H2. The summed E-state index contributed by atoms with van der Waals surface area (Å²) in [4.78, 5) is 45.0. The first-order valence-corrected chi connectivity index (χ1v) is 11.9. The summed E-state index contributed by atoms with van der Waals surface area (Å²) in [5.74, 6) is -1.38. The zero-order valence-electron chi connectivity index (χ0n) is 19.4. The molecule has 2 aromatic rings. The first-order chi connectivity index (χ1) is 17.0. The van der Waals surface area contributed by atoms with Crippen molar-refractivity contribution in [3.63, 3.8) is 0 Å². The fourth-order valence-electron chi connectivity index (χ4n) is 5.13. The smallest absolute Gasteiger partial charge is 0.256 e. The summed E-state index contributed by atoms with van der Waals surface area (Å²) >= 11 is 0. The molecule has 3 heterocycles. The molecular formula is C26H28FN3O5. The molecule has 3 aliphatic rings. The maximum Gasteiger partial charge on any atom is 0.256 e. The Hall–Kier alpha value is -3.30. The Morgan fingerprint density at radius 3 is 2.17 bits per heavy atom. The number of benzene rings is 2. The summed E-state index contributed by atoms with van der Waals surface area (Å²) in [5.41, 5.74) is -0.513. The lowest BCUT2D eigenvalue weighted by atomic mass is 9.96. The summed E-state index contributed by atoms with van der Waals surface area (Å²) in [7, 11) is 0. The number of amides is 3. The van der Waals surface area contributed by atoms with Gasteiger partial charge in [0.1, 0.15) is 17.6 Å². The minimum atomic E-state index is -1.01. The average Bonchev–Trinajstić information content (AvgIpc) is 3.27. The monoisotopic (exact) mass is 481 g/mol. The van der Waals surface area contributed by atoms with Gasteiger partial charge in [-0.2, -0.15) is 0 Å². The topological polar surface area (TPSA) is 79.4 Å². The number of carbonyl (C=O) groups excluding carboxylic acids is 3. The van der Waals surface area contributed by atoms with Crippen LogP contribution in [0, 0.1) is 5.82 Å². The minimum absolute atomic E-state index is 0.0216. The van der Waals surface area contributed by atoms with Gasteiger partial charge in [-0.05, 0) is 24.3 Å². The van der Waals surface area contributed by atoms with Crippen LogP contribution in [0.25, 0.3) is 0 Å². The number of hydrogen-bond donors (Lipinski definition) is 0. The molecule has 0 aromatic heterocycles. The largest absolute Gasteiger partial charge is 0.378 e. The van der Waals surface area contributed by atoms with Crippen LogP contribution in [-0.2, 0) is 14.3 Å². The second-order valence-corrected chi connectivity index (χ2v) is 9.02. The van der Waals surface area contributed by atoms with Crippen molar-refractivity contribution in [3.05, 3.63) is 71.5 Å². The van der Waals surface area contributed by atoms with Gasteiger partial charge in [0.25, 0.3) is 11.8 Å². The van der Waals surface area contributed by atoms with Crippen LogP contribution >= 0.6 is 0 Å². The molecule has 0 N–H and O–H groups in total. The number of carbonyl (C=O) groups is 3. The van der Waals surface area contributed by atoms with Crippen molar-refractivity contribution < 1.29 is 28.2 Å². The molecule has 9 heteroatoms. The fourth-order valence-corrected chi connectivity index (χ4v) is 5.13. The van der Waals surface area contributed by atoms with Gasteiger partial charge < -0.3 is 19.3 Å². The molecule has 0 saturated carbocycles. The normalized spacial score (nSPS) is 21.9. The second-order valence-electron chi connectivity index (χ2n) is 9.02. The molecule has 0 bridgehead atoms. The number of piperidine rings is 1. The highest BCUT2D eigenvalue weighted by molar-refractivity contribution is 5.98. The van der Waals surface area contributed by atoms with Gasteiger partial charge in [0.15, 0.2) is 0 Å². The zero-order valence-corrected chi connectivity index (χ0v) is 19.4. The van der Waals surface area contributed by atoms with Gasteiger partial charge in [0, 0.05) is 44.6 Å². The minimum Gasteiger partial charge on any atom is -0.378 e. The molecule has 1 unspecified atom stereocenters. The van der Waals surface area contributed by atoms with E-state index in [1.807, 2.05) is 6.07 Å². The lowest BCUT2D eigenvalue weighted by molar-refractivity contribution is -0.141. The Labute approximate surface area is 203 Å². The quantitative estimate of drug-likeness (QED) is 0.672. The van der Waals surface area contributed by atoms with E-state index in [1.165, 1.54) is 12.1 Å². The van der Waals surface area contributed by atoms with Crippen molar-refractivity contribution in [3.8, 4) is 0 Å². The van der Waals surface area contributed by atoms with Crippen molar-refractivity contribution in [2.75, 3.05) is 46.0 Å². The molecular weight excluding hydrogens is 453 g/mol. The van der Waals surface area contributed by atoms with Crippen molar-refractivity contribution in [2.24, 2.45) is 0 Å². The third-order valence-electron chi connectivity index (χ3n) is 7.04. The van der Waals surface area contributed by atoms with Crippen LogP contribution in [0.2, 0.25) is 0 Å². The molecule has 184 valence electrons. The second kappa shape index (κ2) is 9.75. The lowest BCUT2D eigenvalue weighted by Gasteiger charge is -2.45. The number of ether oxygens (including phenoxy) is 2. The van der Waals surface area contributed by atoms with E-state index in [-0.39, 0.29) is 37.1 Å². The van der Waals surface area contributed by atoms with E-state index in [2.05, 4.69) is 0 Å². The highest BCUT2D eigenvalue weighted by Crippen LogP contribution is 2.39. The number of nitrogens with zero attached hydrogens (tertiary/aromatic N) is 3. The molecule has 35 heavy (non-hydrogen) atoms. The van der Waals surface area contributed by atoms with Crippen LogP contribution in [0.3, 0.4) is 0 Å². The number of hydrogen-bond acceptors (Lipinski definition) is 5. The SMILES string of the molecule is O=C(c1ccccc1F)N1CCC2(CC1)OCC(C(=O)N1CCOCC1)N2C(=O)c1ccccc1. The predicted molar refractivity (Wildman–Crippen MR) is 124 cm³/mol. The van der Waals surface area contributed by atoms with Crippen LogP contribution < -0.4 is 0 Å². The lowest BCUT2D eigenvalue weighted by Crippen LogP contribution is -2.60. The van der Waals surface area contributed by atoms with Crippen LogP contribution in [-0.4, -0.2) is 90.2 Å². The third-order valence-corrected chi connectivity index (χ3v) is 7.04. The molecule has 1 spiro atoms. The van der Waals surface area contributed by atoms with Crippen LogP contribution in [0.15, 0.2) is 54.6 Å².